The van der Waals surface area contributed by atoms with Crippen LogP contribution in [0.15, 0.2) is 18.2 Å². The zero-order chi connectivity index (χ0) is 19.7. The minimum atomic E-state index is 0.0197. The molecule has 6 nitrogen and oxygen atoms in total. The number of hydrogen-bond donors (Lipinski definition) is 1. The number of nitrogens with zero attached hydrogens (tertiary/aromatic N) is 3. The molecule has 0 atom stereocenters. The standard InChI is InChI=1S/C20H26Cl2N4O2/c21-16-2-1-3-17(18(16)22)24-10-12-25(13-11-24)19(27)14-6-8-26(9-7-14)20(28)23-15-4-5-15/h1-3,14-15H,4-13H2,(H,23,28). The molecule has 152 valence electrons. The number of rotatable bonds is 3. The minimum absolute atomic E-state index is 0.0197. The van der Waals surface area contributed by atoms with Gasteiger partial charge in [0.25, 0.3) is 0 Å². The van der Waals surface area contributed by atoms with Gasteiger partial charge < -0.3 is 20.0 Å². The lowest BCUT2D eigenvalue weighted by Gasteiger charge is -2.39. The molecule has 2 aliphatic heterocycles. The Morgan fingerprint density at radius 3 is 2.21 bits per heavy atom. The highest BCUT2D eigenvalue weighted by Crippen LogP contribution is 2.33. The number of anilines is 1. The van der Waals surface area contributed by atoms with E-state index in [0.717, 1.165) is 44.5 Å². The summed E-state index contributed by atoms with van der Waals surface area (Å²) in [5, 5.41) is 4.15. The lowest BCUT2D eigenvalue weighted by atomic mass is 9.95. The predicted octanol–water partition coefficient (Wildman–Crippen LogP) is 3.23. The summed E-state index contributed by atoms with van der Waals surface area (Å²) in [6.07, 6.45) is 3.68. The molecule has 2 saturated heterocycles. The smallest absolute Gasteiger partial charge is 0.317 e. The van der Waals surface area contributed by atoms with Crippen molar-refractivity contribution in [3.63, 3.8) is 0 Å². The van der Waals surface area contributed by atoms with Gasteiger partial charge in [-0.25, -0.2) is 4.79 Å². The molecule has 0 spiro atoms. The second-order valence-electron chi connectivity index (χ2n) is 7.87. The summed E-state index contributed by atoms with van der Waals surface area (Å²) in [6, 6.07) is 6.05. The topological polar surface area (TPSA) is 55.9 Å². The van der Waals surface area contributed by atoms with Crippen molar-refractivity contribution in [2.45, 2.75) is 31.7 Å². The molecule has 4 rings (SSSR count). The highest BCUT2D eigenvalue weighted by atomic mass is 35.5. The number of benzene rings is 1. The van der Waals surface area contributed by atoms with E-state index in [9.17, 15) is 9.59 Å². The van der Waals surface area contributed by atoms with Gasteiger partial charge >= 0.3 is 6.03 Å². The van der Waals surface area contributed by atoms with E-state index in [1.54, 1.807) is 6.07 Å². The van der Waals surface area contributed by atoms with Crippen molar-refractivity contribution in [3.05, 3.63) is 28.2 Å². The third-order valence-corrected chi connectivity index (χ3v) is 6.71. The molecule has 1 saturated carbocycles. The van der Waals surface area contributed by atoms with Gasteiger partial charge in [0.1, 0.15) is 0 Å². The van der Waals surface area contributed by atoms with Gasteiger partial charge in [0.2, 0.25) is 5.91 Å². The Hall–Kier alpha value is -1.66. The van der Waals surface area contributed by atoms with Gasteiger partial charge in [-0.3, -0.25) is 4.79 Å². The van der Waals surface area contributed by atoms with Crippen molar-refractivity contribution in [2.75, 3.05) is 44.2 Å². The highest BCUT2D eigenvalue weighted by molar-refractivity contribution is 6.43. The summed E-state index contributed by atoms with van der Waals surface area (Å²) in [7, 11) is 0. The van der Waals surface area contributed by atoms with Crippen LogP contribution in [0.3, 0.4) is 0 Å². The van der Waals surface area contributed by atoms with Crippen LogP contribution in [-0.4, -0.2) is 67.0 Å². The zero-order valence-electron chi connectivity index (χ0n) is 15.9. The van der Waals surface area contributed by atoms with E-state index in [-0.39, 0.29) is 17.9 Å². The molecular weight excluding hydrogens is 399 g/mol. The summed E-state index contributed by atoms with van der Waals surface area (Å²) in [6.45, 7) is 4.18. The highest BCUT2D eigenvalue weighted by Gasteiger charge is 2.33. The van der Waals surface area contributed by atoms with E-state index in [4.69, 9.17) is 23.2 Å². The van der Waals surface area contributed by atoms with Gasteiger partial charge in [0, 0.05) is 51.2 Å². The van der Waals surface area contributed by atoms with Crippen LogP contribution in [0, 0.1) is 5.92 Å². The molecule has 0 radical (unpaired) electrons. The second-order valence-corrected chi connectivity index (χ2v) is 8.66. The normalized spacial score (nSPS) is 21.0. The Balaban J connectivity index is 1.26. The fourth-order valence-corrected chi connectivity index (χ4v) is 4.40. The van der Waals surface area contributed by atoms with Crippen molar-refractivity contribution in [1.29, 1.82) is 0 Å². The maximum atomic E-state index is 12.9. The fraction of sp³-hybridized carbons (Fsp3) is 0.600. The van der Waals surface area contributed by atoms with Gasteiger partial charge in [-0.15, -0.1) is 0 Å². The van der Waals surface area contributed by atoms with Crippen LogP contribution in [0.1, 0.15) is 25.7 Å². The Morgan fingerprint density at radius 1 is 0.893 bits per heavy atom. The average molecular weight is 425 g/mol. The van der Waals surface area contributed by atoms with Gasteiger partial charge in [-0.05, 0) is 37.8 Å². The molecular formula is C20H26Cl2N4O2. The first kappa shape index (κ1) is 19.6. The molecule has 28 heavy (non-hydrogen) atoms. The SMILES string of the molecule is O=C(NC1CC1)N1CCC(C(=O)N2CCN(c3cccc(Cl)c3Cl)CC2)CC1. The van der Waals surface area contributed by atoms with E-state index in [0.29, 0.717) is 42.3 Å². The Bertz CT molecular complexity index is 740. The Kier molecular flexibility index (Phi) is 5.88. The first-order valence-corrected chi connectivity index (χ1v) is 10.8. The molecule has 0 bridgehead atoms. The van der Waals surface area contributed by atoms with Crippen LogP contribution in [0.5, 0.6) is 0 Å². The Morgan fingerprint density at radius 2 is 1.57 bits per heavy atom. The number of piperazine rings is 1. The summed E-state index contributed by atoms with van der Waals surface area (Å²) >= 11 is 12.5. The van der Waals surface area contributed by atoms with Gasteiger partial charge in [-0.1, -0.05) is 29.3 Å². The lowest BCUT2D eigenvalue weighted by molar-refractivity contribution is -0.137. The number of hydrogen-bond acceptors (Lipinski definition) is 3. The third-order valence-electron chi connectivity index (χ3n) is 5.90. The van der Waals surface area contributed by atoms with E-state index in [1.165, 1.54) is 0 Å². The predicted molar refractivity (Wildman–Crippen MR) is 111 cm³/mol. The van der Waals surface area contributed by atoms with Crippen LogP contribution in [-0.2, 0) is 4.79 Å². The fourth-order valence-electron chi connectivity index (χ4n) is 3.99. The molecule has 3 amide bonds. The van der Waals surface area contributed by atoms with Crippen molar-refractivity contribution in [2.24, 2.45) is 5.92 Å². The molecule has 0 aromatic heterocycles. The van der Waals surface area contributed by atoms with Crippen molar-refractivity contribution in [3.8, 4) is 0 Å². The van der Waals surface area contributed by atoms with E-state index < -0.39 is 0 Å². The summed E-state index contributed by atoms with van der Waals surface area (Å²) in [5.74, 6) is 0.241. The summed E-state index contributed by atoms with van der Waals surface area (Å²) in [4.78, 5) is 31.1. The number of nitrogens with one attached hydrogen (secondary N) is 1. The zero-order valence-corrected chi connectivity index (χ0v) is 17.4. The maximum absolute atomic E-state index is 12.9. The van der Waals surface area contributed by atoms with Gasteiger partial charge in [0.05, 0.1) is 15.7 Å². The maximum Gasteiger partial charge on any atom is 0.317 e. The second kappa shape index (κ2) is 8.37. The van der Waals surface area contributed by atoms with Crippen LogP contribution >= 0.6 is 23.2 Å². The van der Waals surface area contributed by atoms with E-state index >= 15 is 0 Å². The molecule has 1 aromatic rings. The molecule has 0 unspecified atom stereocenters. The van der Waals surface area contributed by atoms with Crippen molar-refractivity contribution >= 4 is 40.8 Å². The largest absolute Gasteiger partial charge is 0.367 e. The number of carbonyl (C=O) groups is 2. The number of piperidine rings is 1. The first-order valence-electron chi connectivity index (χ1n) is 10.1. The van der Waals surface area contributed by atoms with Crippen LogP contribution in [0.4, 0.5) is 10.5 Å². The molecule has 1 N–H and O–H groups in total. The monoisotopic (exact) mass is 424 g/mol. The summed E-state index contributed by atoms with van der Waals surface area (Å²) in [5.41, 5.74) is 0.927. The van der Waals surface area contributed by atoms with Crippen LogP contribution in [0.2, 0.25) is 10.0 Å². The number of amides is 3. The number of urea groups is 1. The van der Waals surface area contributed by atoms with Gasteiger partial charge in [0.15, 0.2) is 0 Å². The van der Waals surface area contributed by atoms with E-state index in [1.807, 2.05) is 21.9 Å². The van der Waals surface area contributed by atoms with Crippen molar-refractivity contribution < 1.29 is 9.59 Å². The molecule has 3 fully saturated rings. The average Bonchev–Trinajstić information content (AvgIpc) is 3.54. The Labute approximate surface area is 175 Å². The number of halogens is 2. The molecule has 1 aliphatic carbocycles. The molecule has 8 heteroatoms. The number of carbonyl (C=O) groups excluding carboxylic acids is 2. The number of likely N-dealkylation sites (tertiary alicyclic amines) is 1. The van der Waals surface area contributed by atoms with Crippen LogP contribution in [0.25, 0.3) is 0 Å². The quantitative estimate of drug-likeness (QED) is 0.809. The first-order chi connectivity index (χ1) is 13.5. The molecule has 1 aromatic carbocycles. The third kappa shape index (κ3) is 4.33. The van der Waals surface area contributed by atoms with E-state index in [2.05, 4.69) is 10.2 Å². The van der Waals surface area contributed by atoms with Gasteiger partial charge in [-0.2, -0.15) is 0 Å². The molecule has 3 aliphatic rings. The minimum Gasteiger partial charge on any atom is -0.367 e. The summed E-state index contributed by atoms with van der Waals surface area (Å²) < 4.78 is 0. The molecule has 2 heterocycles. The lowest BCUT2D eigenvalue weighted by Crippen LogP contribution is -2.52. The van der Waals surface area contributed by atoms with Crippen molar-refractivity contribution in [1.82, 2.24) is 15.1 Å². The van der Waals surface area contributed by atoms with Crippen LogP contribution < -0.4 is 10.2 Å².